The third-order valence-corrected chi connectivity index (χ3v) is 4.91. The van der Waals surface area contributed by atoms with Gasteiger partial charge in [-0.3, -0.25) is 4.79 Å². The maximum Gasteiger partial charge on any atom is 0.299 e. The molecule has 1 fully saturated rings. The van der Waals surface area contributed by atoms with Gasteiger partial charge in [0.05, 0.1) is 0 Å². The number of anilines is 1. The quantitative estimate of drug-likeness (QED) is 0.648. The molecule has 0 spiro atoms. The molecule has 0 N–H and O–H groups in total. The predicted octanol–water partition coefficient (Wildman–Crippen LogP) is 1.91. The number of nitrogens with zero attached hydrogens (tertiary/aromatic N) is 6. The van der Waals surface area contributed by atoms with Crippen LogP contribution in [0, 0.1) is 5.92 Å². The summed E-state index contributed by atoms with van der Waals surface area (Å²) < 4.78 is 10.5. The van der Waals surface area contributed by atoms with Gasteiger partial charge in [0.15, 0.2) is 11.4 Å². The van der Waals surface area contributed by atoms with Crippen LogP contribution in [0.15, 0.2) is 33.7 Å². The normalized spacial score (nSPS) is 17.4. The van der Waals surface area contributed by atoms with Crippen molar-refractivity contribution in [1.82, 2.24) is 25.0 Å². The Kier molecular flexibility index (Phi) is 4.99. The highest BCUT2D eigenvalue weighted by Gasteiger charge is 2.26. The number of aromatic nitrogens is 4. The third-order valence-electron chi connectivity index (χ3n) is 4.91. The van der Waals surface area contributed by atoms with Crippen molar-refractivity contribution in [3.8, 4) is 0 Å². The molecule has 3 aromatic rings. The van der Waals surface area contributed by atoms with E-state index >= 15 is 0 Å². The predicted molar refractivity (Wildman–Crippen MR) is 97.0 cm³/mol. The number of likely N-dealkylation sites (N-methyl/N-ethyl adjacent to an activating group) is 1. The number of hydrogen-bond acceptors (Lipinski definition) is 8. The van der Waals surface area contributed by atoms with Gasteiger partial charge in [0.2, 0.25) is 17.9 Å². The number of fused-ring (bicyclic) bond motifs is 1. The van der Waals surface area contributed by atoms with Gasteiger partial charge < -0.3 is 18.7 Å². The van der Waals surface area contributed by atoms with Crippen molar-refractivity contribution in [2.75, 3.05) is 31.6 Å². The van der Waals surface area contributed by atoms with E-state index in [9.17, 15) is 4.79 Å². The number of rotatable bonds is 6. The molecule has 27 heavy (non-hydrogen) atoms. The summed E-state index contributed by atoms with van der Waals surface area (Å²) in [6.45, 7) is 2.22. The SMILES string of the molecule is CN(CCc1ncon1)C(=O)CC1CCCN(c2nc3ncccc3o2)C1. The second-order valence-corrected chi connectivity index (χ2v) is 6.89. The fourth-order valence-electron chi connectivity index (χ4n) is 3.40. The standard InChI is InChI=1S/C18H22N6O3/c1-23(9-6-15-20-12-26-22-15)16(25)10-13-4-3-8-24(11-13)18-21-17-14(27-18)5-2-7-19-17/h2,5,7,12-13H,3-4,6,8-11H2,1H3. The molecule has 1 unspecified atom stereocenters. The molecule has 0 aliphatic carbocycles. The van der Waals surface area contributed by atoms with Crippen LogP contribution in [-0.4, -0.2) is 57.6 Å². The summed E-state index contributed by atoms with van der Waals surface area (Å²) >= 11 is 0. The second-order valence-electron chi connectivity index (χ2n) is 6.89. The van der Waals surface area contributed by atoms with Gasteiger partial charge in [-0.15, -0.1) is 0 Å². The summed E-state index contributed by atoms with van der Waals surface area (Å²) in [5.74, 6) is 1.02. The first-order valence-electron chi connectivity index (χ1n) is 9.15. The highest BCUT2D eigenvalue weighted by molar-refractivity contribution is 5.76. The van der Waals surface area contributed by atoms with Crippen molar-refractivity contribution in [3.63, 3.8) is 0 Å². The molecule has 0 aromatic carbocycles. The Balaban J connectivity index is 1.33. The lowest BCUT2D eigenvalue weighted by Gasteiger charge is -2.32. The zero-order chi connectivity index (χ0) is 18.6. The van der Waals surface area contributed by atoms with Gasteiger partial charge >= 0.3 is 0 Å². The zero-order valence-corrected chi connectivity index (χ0v) is 15.2. The van der Waals surface area contributed by atoms with Crippen LogP contribution in [0.2, 0.25) is 0 Å². The molecule has 0 radical (unpaired) electrons. The number of piperidine rings is 1. The molecular formula is C18H22N6O3. The number of hydrogen-bond donors (Lipinski definition) is 0. The van der Waals surface area contributed by atoms with Crippen molar-refractivity contribution < 1.29 is 13.7 Å². The van der Waals surface area contributed by atoms with E-state index in [1.54, 1.807) is 11.1 Å². The summed E-state index contributed by atoms with van der Waals surface area (Å²) in [7, 11) is 1.81. The Bertz CT molecular complexity index is 861. The largest absolute Gasteiger partial charge is 0.422 e. The topological polar surface area (TPSA) is 101 Å². The van der Waals surface area contributed by atoms with Crippen molar-refractivity contribution in [3.05, 3.63) is 30.5 Å². The average Bonchev–Trinajstić information content (AvgIpc) is 3.35. The van der Waals surface area contributed by atoms with Gasteiger partial charge in [-0.05, 0) is 30.9 Å². The summed E-state index contributed by atoms with van der Waals surface area (Å²) in [4.78, 5) is 29.1. The van der Waals surface area contributed by atoms with Crippen LogP contribution in [0.25, 0.3) is 11.2 Å². The van der Waals surface area contributed by atoms with Crippen LogP contribution in [0.1, 0.15) is 25.1 Å². The highest BCUT2D eigenvalue weighted by Crippen LogP contribution is 2.27. The molecule has 9 heteroatoms. The number of oxazole rings is 1. The van der Waals surface area contributed by atoms with Gasteiger partial charge in [-0.25, -0.2) is 4.98 Å². The number of amides is 1. The summed E-state index contributed by atoms with van der Waals surface area (Å²) in [5, 5.41) is 3.77. The van der Waals surface area contributed by atoms with Crippen LogP contribution in [0.4, 0.5) is 6.01 Å². The Labute approximate surface area is 156 Å². The molecule has 0 bridgehead atoms. The summed E-state index contributed by atoms with van der Waals surface area (Å²) in [6.07, 6.45) is 6.14. The first-order chi connectivity index (χ1) is 13.2. The molecule has 4 heterocycles. The van der Waals surface area contributed by atoms with Crippen molar-refractivity contribution >= 4 is 23.2 Å². The lowest BCUT2D eigenvalue weighted by Crippen LogP contribution is -2.39. The van der Waals surface area contributed by atoms with Gasteiger partial charge in [-0.1, -0.05) is 5.16 Å². The van der Waals surface area contributed by atoms with Crippen LogP contribution in [0.5, 0.6) is 0 Å². The van der Waals surface area contributed by atoms with E-state index in [4.69, 9.17) is 8.94 Å². The maximum atomic E-state index is 12.5. The summed E-state index contributed by atoms with van der Waals surface area (Å²) in [5.41, 5.74) is 1.30. The van der Waals surface area contributed by atoms with Crippen LogP contribution in [0.3, 0.4) is 0 Å². The fraction of sp³-hybridized carbons (Fsp3) is 0.500. The monoisotopic (exact) mass is 370 g/mol. The average molecular weight is 370 g/mol. The summed E-state index contributed by atoms with van der Waals surface area (Å²) in [6, 6.07) is 4.29. The third kappa shape index (κ3) is 4.07. The van der Waals surface area contributed by atoms with Crippen molar-refractivity contribution in [2.24, 2.45) is 5.92 Å². The molecule has 1 aliphatic heterocycles. The second kappa shape index (κ2) is 7.73. The minimum atomic E-state index is 0.129. The fourth-order valence-corrected chi connectivity index (χ4v) is 3.40. The minimum Gasteiger partial charge on any atom is -0.422 e. The zero-order valence-electron chi connectivity index (χ0n) is 15.2. The highest BCUT2D eigenvalue weighted by atomic mass is 16.5. The minimum absolute atomic E-state index is 0.129. The lowest BCUT2D eigenvalue weighted by molar-refractivity contribution is -0.130. The van der Waals surface area contributed by atoms with Crippen molar-refractivity contribution in [2.45, 2.75) is 25.7 Å². The molecular weight excluding hydrogens is 348 g/mol. The van der Waals surface area contributed by atoms with Crippen LogP contribution in [-0.2, 0) is 11.2 Å². The Morgan fingerprint density at radius 2 is 2.33 bits per heavy atom. The molecule has 142 valence electrons. The van der Waals surface area contributed by atoms with Gasteiger partial charge in [0, 0.05) is 45.7 Å². The number of carbonyl (C=O) groups is 1. The molecule has 1 amide bonds. The van der Waals surface area contributed by atoms with Crippen LogP contribution >= 0.6 is 0 Å². The smallest absolute Gasteiger partial charge is 0.299 e. The number of pyridine rings is 1. The number of carbonyl (C=O) groups excluding carboxylic acids is 1. The first kappa shape index (κ1) is 17.4. The van der Waals surface area contributed by atoms with Crippen molar-refractivity contribution in [1.29, 1.82) is 0 Å². The van der Waals surface area contributed by atoms with Gasteiger partial charge in [0.1, 0.15) is 0 Å². The van der Waals surface area contributed by atoms with E-state index < -0.39 is 0 Å². The molecule has 4 rings (SSSR count). The maximum absolute atomic E-state index is 12.5. The van der Waals surface area contributed by atoms with E-state index in [2.05, 4.69) is 25.0 Å². The molecule has 1 aliphatic rings. The first-order valence-corrected chi connectivity index (χ1v) is 9.15. The van der Waals surface area contributed by atoms with E-state index in [0.29, 0.717) is 42.5 Å². The Hall–Kier alpha value is -2.97. The Morgan fingerprint density at radius 3 is 3.15 bits per heavy atom. The molecule has 0 saturated carbocycles. The van der Waals surface area contributed by atoms with E-state index in [1.165, 1.54) is 6.39 Å². The lowest BCUT2D eigenvalue weighted by atomic mass is 9.94. The van der Waals surface area contributed by atoms with Gasteiger partial charge in [-0.2, -0.15) is 9.97 Å². The Morgan fingerprint density at radius 1 is 1.41 bits per heavy atom. The molecule has 1 saturated heterocycles. The molecule has 1 atom stereocenters. The van der Waals surface area contributed by atoms with Gasteiger partial charge in [0.25, 0.3) is 6.01 Å². The van der Waals surface area contributed by atoms with E-state index in [0.717, 1.165) is 25.9 Å². The van der Waals surface area contributed by atoms with E-state index in [-0.39, 0.29) is 11.8 Å². The molecule has 3 aromatic heterocycles. The van der Waals surface area contributed by atoms with E-state index in [1.807, 2.05) is 19.2 Å². The molecule has 9 nitrogen and oxygen atoms in total. The van der Waals surface area contributed by atoms with Crippen LogP contribution < -0.4 is 4.90 Å².